The van der Waals surface area contributed by atoms with E-state index in [4.69, 9.17) is 14.3 Å². The van der Waals surface area contributed by atoms with E-state index in [1.54, 1.807) is 0 Å². The number of aromatic amines is 1. The van der Waals surface area contributed by atoms with Crippen molar-refractivity contribution in [2.75, 3.05) is 45.3 Å². The summed E-state index contributed by atoms with van der Waals surface area (Å²) in [7, 11) is 2.12. The number of benzene rings is 1. The number of H-pyrrole nitrogens is 1. The lowest BCUT2D eigenvalue weighted by Gasteiger charge is -2.33. The Bertz CT molecular complexity index is 1150. The molecular formula is C24H31N7O2. The van der Waals surface area contributed by atoms with Gasteiger partial charge in [-0.05, 0) is 51.4 Å². The summed E-state index contributed by atoms with van der Waals surface area (Å²) >= 11 is 0. The molecule has 0 saturated carbocycles. The van der Waals surface area contributed by atoms with E-state index >= 15 is 0 Å². The third-order valence-electron chi connectivity index (χ3n) is 5.62. The van der Waals surface area contributed by atoms with Gasteiger partial charge in [0, 0.05) is 54.9 Å². The first-order valence-electron chi connectivity index (χ1n) is 11.1. The molecule has 2 N–H and O–H groups in total. The molecule has 9 heteroatoms. The lowest BCUT2D eigenvalue weighted by Crippen LogP contribution is -2.47. The standard InChI is InChI=1S/C24H31N7O2/c1-5-19-14-24(33-29-19)28-22(25-3)15-23(31-10-8-30(4)9-11-31)26-16-32-20-6-7-21-18(13-20)12-17(2)27-21/h6-7,12-15,27-28H,3,5,8-11,16H2,1-2,4H3/b22-15+,26-23+. The summed E-state index contributed by atoms with van der Waals surface area (Å²) in [6.07, 6.45) is 2.67. The summed E-state index contributed by atoms with van der Waals surface area (Å²) in [5.41, 5.74) is 3.09. The maximum atomic E-state index is 5.95. The molecule has 4 rings (SSSR count). The number of anilines is 1. The molecule has 2 aromatic heterocycles. The zero-order valence-corrected chi connectivity index (χ0v) is 19.5. The van der Waals surface area contributed by atoms with Crippen molar-refractivity contribution in [1.82, 2.24) is 19.9 Å². The van der Waals surface area contributed by atoms with E-state index in [0.29, 0.717) is 11.7 Å². The Kier molecular flexibility index (Phi) is 7.09. The van der Waals surface area contributed by atoms with Crippen molar-refractivity contribution in [3.8, 4) is 5.75 Å². The van der Waals surface area contributed by atoms with E-state index in [9.17, 15) is 0 Å². The third kappa shape index (κ3) is 5.81. The summed E-state index contributed by atoms with van der Waals surface area (Å²) in [4.78, 5) is 16.7. The van der Waals surface area contributed by atoms with Crippen molar-refractivity contribution >= 4 is 29.3 Å². The van der Waals surface area contributed by atoms with Crippen LogP contribution in [0.1, 0.15) is 18.3 Å². The van der Waals surface area contributed by atoms with E-state index in [1.165, 1.54) is 0 Å². The van der Waals surface area contributed by atoms with Gasteiger partial charge in [0.15, 0.2) is 6.73 Å². The van der Waals surface area contributed by atoms with Gasteiger partial charge in [-0.1, -0.05) is 12.1 Å². The summed E-state index contributed by atoms with van der Waals surface area (Å²) in [6, 6.07) is 9.95. The molecule has 0 amide bonds. The molecule has 0 radical (unpaired) electrons. The zero-order valence-electron chi connectivity index (χ0n) is 19.5. The summed E-state index contributed by atoms with van der Waals surface area (Å²) < 4.78 is 11.3. The van der Waals surface area contributed by atoms with E-state index in [2.05, 4.69) is 50.1 Å². The number of aromatic nitrogens is 2. The highest BCUT2D eigenvalue weighted by Gasteiger charge is 2.17. The van der Waals surface area contributed by atoms with Crippen LogP contribution in [0.4, 0.5) is 5.88 Å². The molecule has 1 aromatic carbocycles. The van der Waals surface area contributed by atoms with Crippen LogP contribution in [0.2, 0.25) is 0 Å². The molecule has 174 valence electrons. The van der Waals surface area contributed by atoms with Gasteiger partial charge in [0.05, 0.1) is 5.69 Å². The first-order chi connectivity index (χ1) is 16.0. The van der Waals surface area contributed by atoms with Gasteiger partial charge >= 0.3 is 0 Å². The lowest BCUT2D eigenvalue weighted by atomic mass is 10.2. The van der Waals surface area contributed by atoms with Gasteiger partial charge < -0.3 is 29.4 Å². The maximum absolute atomic E-state index is 5.95. The highest BCUT2D eigenvalue weighted by Crippen LogP contribution is 2.21. The number of nitrogens with zero attached hydrogens (tertiary/aromatic N) is 5. The van der Waals surface area contributed by atoms with Crippen molar-refractivity contribution in [3.63, 3.8) is 0 Å². The number of amidine groups is 1. The Morgan fingerprint density at radius 3 is 2.82 bits per heavy atom. The van der Waals surface area contributed by atoms with Crippen LogP contribution in [-0.4, -0.2) is 72.5 Å². The van der Waals surface area contributed by atoms with Gasteiger partial charge in [-0.15, -0.1) is 0 Å². The Labute approximate surface area is 193 Å². The molecule has 0 spiro atoms. The number of ether oxygens (including phenoxy) is 1. The molecule has 1 fully saturated rings. The number of hydrogen-bond acceptors (Lipinski definition) is 7. The van der Waals surface area contributed by atoms with Gasteiger partial charge in [0.2, 0.25) is 5.88 Å². The molecular weight excluding hydrogens is 418 g/mol. The first-order valence-corrected chi connectivity index (χ1v) is 11.1. The number of fused-ring (bicyclic) bond motifs is 1. The number of piperazine rings is 1. The average molecular weight is 450 g/mol. The van der Waals surface area contributed by atoms with Crippen LogP contribution >= 0.6 is 0 Å². The number of nitrogens with one attached hydrogen (secondary N) is 2. The number of likely N-dealkylation sites (N-methyl/N-ethyl adjacent to an activating group) is 1. The largest absolute Gasteiger partial charge is 0.471 e. The minimum absolute atomic E-state index is 0.194. The van der Waals surface area contributed by atoms with Crippen molar-refractivity contribution in [1.29, 1.82) is 0 Å². The second-order valence-corrected chi connectivity index (χ2v) is 8.13. The predicted molar refractivity (Wildman–Crippen MR) is 132 cm³/mol. The van der Waals surface area contributed by atoms with Crippen LogP contribution in [0.3, 0.4) is 0 Å². The highest BCUT2D eigenvalue weighted by molar-refractivity contribution is 5.94. The van der Waals surface area contributed by atoms with Crippen LogP contribution in [0.25, 0.3) is 10.9 Å². The van der Waals surface area contributed by atoms with E-state index < -0.39 is 0 Å². The quantitative estimate of drug-likeness (QED) is 0.403. The van der Waals surface area contributed by atoms with E-state index in [-0.39, 0.29) is 6.73 Å². The molecule has 0 bridgehead atoms. The fraction of sp³-hybridized carbons (Fsp3) is 0.375. The van der Waals surface area contributed by atoms with Crippen molar-refractivity contribution in [2.24, 2.45) is 9.98 Å². The van der Waals surface area contributed by atoms with Gasteiger partial charge in [-0.2, -0.15) is 0 Å². The van der Waals surface area contributed by atoms with Gasteiger partial charge in [-0.25, -0.2) is 9.98 Å². The zero-order chi connectivity index (χ0) is 23.2. The second kappa shape index (κ2) is 10.4. The van der Waals surface area contributed by atoms with Crippen molar-refractivity contribution in [2.45, 2.75) is 20.3 Å². The summed E-state index contributed by atoms with van der Waals surface area (Å²) in [6.45, 7) is 11.6. The smallest absolute Gasteiger partial charge is 0.230 e. The van der Waals surface area contributed by atoms with Crippen LogP contribution in [-0.2, 0) is 6.42 Å². The second-order valence-electron chi connectivity index (χ2n) is 8.13. The Morgan fingerprint density at radius 1 is 1.27 bits per heavy atom. The molecule has 3 heterocycles. The maximum Gasteiger partial charge on any atom is 0.230 e. The number of aliphatic imine (C=N–C) groups is 2. The van der Waals surface area contributed by atoms with Crippen LogP contribution in [0, 0.1) is 6.92 Å². The molecule has 0 aliphatic carbocycles. The number of aryl methyl sites for hydroxylation is 2. The first kappa shape index (κ1) is 22.6. The summed E-state index contributed by atoms with van der Waals surface area (Å²) in [5.74, 6) is 2.62. The topological polar surface area (TPSA) is 94.3 Å². The fourth-order valence-electron chi connectivity index (χ4n) is 3.70. The molecule has 1 aliphatic rings. The average Bonchev–Trinajstić information content (AvgIpc) is 3.43. The SMILES string of the molecule is C=N/C(=C\C(=N/COc1ccc2[nH]c(C)cc2c1)N1CCN(C)CC1)Nc1cc(CC)no1. The monoisotopic (exact) mass is 449 g/mol. The van der Waals surface area contributed by atoms with E-state index in [0.717, 1.165) is 66.5 Å². The van der Waals surface area contributed by atoms with Gasteiger partial charge in [0.25, 0.3) is 0 Å². The third-order valence-corrected chi connectivity index (χ3v) is 5.62. The van der Waals surface area contributed by atoms with Gasteiger partial charge in [-0.3, -0.25) is 0 Å². The summed E-state index contributed by atoms with van der Waals surface area (Å²) in [5, 5.41) is 8.26. The van der Waals surface area contributed by atoms with Crippen molar-refractivity contribution in [3.05, 3.63) is 53.6 Å². The molecule has 1 saturated heterocycles. The normalized spacial score (nSPS) is 15.8. The predicted octanol–water partition coefficient (Wildman–Crippen LogP) is 3.66. The van der Waals surface area contributed by atoms with Gasteiger partial charge in [0.1, 0.15) is 17.4 Å². The number of hydrogen-bond donors (Lipinski definition) is 2. The lowest BCUT2D eigenvalue weighted by molar-refractivity contribution is 0.214. The van der Waals surface area contributed by atoms with Crippen molar-refractivity contribution < 1.29 is 9.26 Å². The molecule has 1 aliphatic heterocycles. The molecule has 33 heavy (non-hydrogen) atoms. The fourth-order valence-corrected chi connectivity index (χ4v) is 3.70. The molecule has 0 unspecified atom stereocenters. The Morgan fingerprint density at radius 2 is 2.09 bits per heavy atom. The van der Waals surface area contributed by atoms with Crippen LogP contribution in [0.5, 0.6) is 5.75 Å². The Hall–Kier alpha value is -3.59. The highest BCUT2D eigenvalue weighted by atomic mass is 16.5. The van der Waals surface area contributed by atoms with Crippen LogP contribution in [0.15, 0.2) is 56.7 Å². The molecule has 9 nitrogen and oxygen atoms in total. The Balaban J connectivity index is 1.51. The van der Waals surface area contributed by atoms with E-state index in [1.807, 2.05) is 44.2 Å². The molecule has 3 aromatic rings. The molecule has 0 atom stereocenters. The minimum Gasteiger partial charge on any atom is -0.471 e. The number of rotatable bonds is 8. The van der Waals surface area contributed by atoms with Crippen LogP contribution < -0.4 is 10.1 Å². The minimum atomic E-state index is 0.194.